The Labute approximate surface area is 129 Å². The van der Waals surface area contributed by atoms with Gasteiger partial charge in [-0.05, 0) is 51.5 Å². The van der Waals surface area contributed by atoms with E-state index in [0.29, 0.717) is 16.6 Å². The maximum atomic E-state index is 6.26. The third kappa shape index (κ3) is 3.75. The summed E-state index contributed by atoms with van der Waals surface area (Å²) < 4.78 is 1.76. The predicted octanol–water partition coefficient (Wildman–Crippen LogP) is 4.38. The van der Waals surface area contributed by atoms with Crippen LogP contribution in [0.3, 0.4) is 0 Å². The molecule has 0 atom stereocenters. The SMILES string of the molecule is Cc1cc(Cl)c(-n2ccc(CNC(C)(C)C)n2)cc1Cl. The van der Waals surface area contributed by atoms with E-state index in [1.807, 2.05) is 31.3 Å². The summed E-state index contributed by atoms with van der Waals surface area (Å²) in [5, 5.41) is 9.26. The monoisotopic (exact) mass is 311 g/mol. The maximum Gasteiger partial charge on any atom is 0.0846 e. The summed E-state index contributed by atoms with van der Waals surface area (Å²) in [6.07, 6.45) is 1.90. The second kappa shape index (κ2) is 5.76. The first-order valence-corrected chi connectivity index (χ1v) is 7.27. The molecule has 0 saturated heterocycles. The van der Waals surface area contributed by atoms with Crippen molar-refractivity contribution in [2.75, 3.05) is 0 Å². The summed E-state index contributed by atoms with van der Waals surface area (Å²) in [4.78, 5) is 0. The van der Waals surface area contributed by atoms with E-state index in [9.17, 15) is 0 Å². The van der Waals surface area contributed by atoms with Gasteiger partial charge in [0.25, 0.3) is 0 Å². The number of aromatic nitrogens is 2. The quantitative estimate of drug-likeness (QED) is 0.912. The number of rotatable bonds is 3. The zero-order valence-electron chi connectivity index (χ0n) is 12.2. The van der Waals surface area contributed by atoms with E-state index in [-0.39, 0.29) is 5.54 Å². The molecular formula is C15H19Cl2N3. The van der Waals surface area contributed by atoms with Gasteiger partial charge in [0.15, 0.2) is 0 Å². The molecule has 1 aromatic heterocycles. The molecule has 0 amide bonds. The van der Waals surface area contributed by atoms with Gasteiger partial charge in [0, 0.05) is 23.3 Å². The zero-order valence-corrected chi connectivity index (χ0v) is 13.7. The van der Waals surface area contributed by atoms with Crippen LogP contribution in [0.25, 0.3) is 5.69 Å². The van der Waals surface area contributed by atoms with Crippen molar-refractivity contribution in [3.8, 4) is 5.69 Å². The van der Waals surface area contributed by atoms with Crippen LogP contribution in [0.5, 0.6) is 0 Å². The van der Waals surface area contributed by atoms with Crippen LogP contribution in [0.2, 0.25) is 10.0 Å². The van der Waals surface area contributed by atoms with Gasteiger partial charge in [0.1, 0.15) is 0 Å². The fourth-order valence-electron chi connectivity index (χ4n) is 1.76. The molecule has 0 spiro atoms. The first-order valence-electron chi connectivity index (χ1n) is 6.52. The largest absolute Gasteiger partial charge is 0.306 e. The first-order chi connectivity index (χ1) is 9.26. The summed E-state index contributed by atoms with van der Waals surface area (Å²) >= 11 is 12.4. The highest BCUT2D eigenvalue weighted by atomic mass is 35.5. The van der Waals surface area contributed by atoms with Gasteiger partial charge in [-0.1, -0.05) is 23.2 Å². The van der Waals surface area contributed by atoms with Crippen LogP contribution in [-0.2, 0) is 6.54 Å². The average Bonchev–Trinajstić information content (AvgIpc) is 2.79. The second-order valence-electron chi connectivity index (χ2n) is 5.91. The molecule has 1 aromatic carbocycles. The Morgan fingerprint density at radius 2 is 1.90 bits per heavy atom. The lowest BCUT2D eigenvalue weighted by Gasteiger charge is -2.19. The molecule has 0 saturated carbocycles. The Hall–Kier alpha value is -1.03. The third-order valence-electron chi connectivity index (χ3n) is 2.92. The van der Waals surface area contributed by atoms with Gasteiger partial charge in [-0.2, -0.15) is 5.10 Å². The number of benzene rings is 1. The topological polar surface area (TPSA) is 29.9 Å². The highest BCUT2D eigenvalue weighted by Crippen LogP contribution is 2.27. The van der Waals surface area contributed by atoms with E-state index in [0.717, 1.165) is 16.9 Å². The molecule has 2 aromatic rings. The van der Waals surface area contributed by atoms with Crippen LogP contribution in [0, 0.1) is 6.92 Å². The van der Waals surface area contributed by atoms with Crippen molar-refractivity contribution in [2.24, 2.45) is 0 Å². The lowest BCUT2D eigenvalue weighted by atomic mass is 10.1. The molecule has 2 rings (SSSR count). The van der Waals surface area contributed by atoms with E-state index in [4.69, 9.17) is 23.2 Å². The van der Waals surface area contributed by atoms with Crippen LogP contribution in [-0.4, -0.2) is 15.3 Å². The van der Waals surface area contributed by atoms with E-state index < -0.39 is 0 Å². The van der Waals surface area contributed by atoms with Crippen molar-refractivity contribution in [1.29, 1.82) is 0 Å². The van der Waals surface area contributed by atoms with E-state index in [1.165, 1.54) is 0 Å². The minimum Gasteiger partial charge on any atom is -0.306 e. The van der Waals surface area contributed by atoms with E-state index in [1.54, 1.807) is 4.68 Å². The van der Waals surface area contributed by atoms with Gasteiger partial charge in [0.05, 0.1) is 16.4 Å². The predicted molar refractivity (Wildman–Crippen MR) is 84.9 cm³/mol. The number of halogens is 2. The van der Waals surface area contributed by atoms with Crippen LogP contribution in [0.15, 0.2) is 24.4 Å². The van der Waals surface area contributed by atoms with Gasteiger partial charge in [-0.15, -0.1) is 0 Å². The molecule has 0 aliphatic heterocycles. The third-order valence-corrected chi connectivity index (χ3v) is 3.63. The van der Waals surface area contributed by atoms with Crippen LogP contribution < -0.4 is 5.32 Å². The minimum absolute atomic E-state index is 0.0641. The molecule has 3 nitrogen and oxygen atoms in total. The number of nitrogens with zero attached hydrogens (tertiary/aromatic N) is 2. The fourth-order valence-corrected chi connectivity index (χ4v) is 2.22. The molecule has 5 heteroatoms. The standard InChI is InChI=1S/C15H19Cl2N3/c1-10-7-13(17)14(8-12(10)16)20-6-5-11(19-20)9-18-15(2,3)4/h5-8,18H,9H2,1-4H3. The molecule has 1 N–H and O–H groups in total. The zero-order chi connectivity index (χ0) is 14.9. The first kappa shape index (κ1) is 15.4. The molecule has 0 unspecified atom stereocenters. The summed E-state index contributed by atoms with van der Waals surface area (Å²) in [5.41, 5.74) is 2.79. The van der Waals surface area contributed by atoms with E-state index >= 15 is 0 Å². The molecule has 1 heterocycles. The van der Waals surface area contributed by atoms with Gasteiger partial charge in [0.2, 0.25) is 0 Å². The number of aryl methyl sites for hydroxylation is 1. The smallest absolute Gasteiger partial charge is 0.0846 e. The van der Waals surface area contributed by atoms with E-state index in [2.05, 4.69) is 31.2 Å². The van der Waals surface area contributed by atoms with Gasteiger partial charge in [-0.25, -0.2) is 4.68 Å². The Morgan fingerprint density at radius 1 is 1.20 bits per heavy atom. The van der Waals surface area contributed by atoms with Crippen LogP contribution in [0.4, 0.5) is 0 Å². The van der Waals surface area contributed by atoms with Crippen molar-refractivity contribution in [3.05, 3.63) is 45.7 Å². The van der Waals surface area contributed by atoms with Crippen molar-refractivity contribution >= 4 is 23.2 Å². The van der Waals surface area contributed by atoms with Crippen molar-refractivity contribution in [3.63, 3.8) is 0 Å². The lowest BCUT2D eigenvalue weighted by Crippen LogP contribution is -2.35. The van der Waals surface area contributed by atoms with Gasteiger partial charge in [-0.3, -0.25) is 0 Å². The minimum atomic E-state index is 0.0641. The van der Waals surface area contributed by atoms with Crippen molar-refractivity contribution < 1.29 is 0 Å². The molecule has 0 fully saturated rings. The Kier molecular flexibility index (Phi) is 4.43. The molecule has 0 aliphatic carbocycles. The highest BCUT2D eigenvalue weighted by Gasteiger charge is 2.11. The fraction of sp³-hybridized carbons (Fsp3) is 0.400. The van der Waals surface area contributed by atoms with Crippen LogP contribution >= 0.6 is 23.2 Å². The summed E-state index contributed by atoms with van der Waals surface area (Å²) in [6, 6.07) is 5.67. The lowest BCUT2D eigenvalue weighted by molar-refractivity contribution is 0.420. The molecule has 20 heavy (non-hydrogen) atoms. The summed E-state index contributed by atoms with van der Waals surface area (Å²) in [5.74, 6) is 0. The number of hydrogen-bond acceptors (Lipinski definition) is 2. The summed E-state index contributed by atoms with van der Waals surface area (Å²) in [6.45, 7) is 9.02. The number of nitrogens with one attached hydrogen (secondary N) is 1. The van der Waals surface area contributed by atoms with Gasteiger partial charge < -0.3 is 5.32 Å². The molecule has 108 valence electrons. The van der Waals surface area contributed by atoms with Gasteiger partial charge >= 0.3 is 0 Å². The second-order valence-corrected chi connectivity index (χ2v) is 6.72. The van der Waals surface area contributed by atoms with Crippen molar-refractivity contribution in [2.45, 2.75) is 39.8 Å². The normalized spacial score (nSPS) is 11.9. The summed E-state index contributed by atoms with van der Waals surface area (Å²) in [7, 11) is 0. The maximum absolute atomic E-state index is 6.26. The average molecular weight is 312 g/mol. The number of hydrogen-bond donors (Lipinski definition) is 1. The molecule has 0 bridgehead atoms. The Bertz CT molecular complexity index is 612. The molecular weight excluding hydrogens is 293 g/mol. The Balaban J connectivity index is 2.23. The van der Waals surface area contributed by atoms with Crippen molar-refractivity contribution in [1.82, 2.24) is 15.1 Å². The molecule has 0 radical (unpaired) electrons. The molecule has 0 aliphatic rings. The Morgan fingerprint density at radius 3 is 2.55 bits per heavy atom. The highest BCUT2D eigenvalue weighted by molar-refractivity contribution is 6.35. The van der Waals surface area contributed by atoms with Crippen LogP contribution in [0.1, 0.15) is 32.0 Å².